The van der Waals surface area contributed by atoms with Crippen LogP contribution in [0.15, 0.2) is 22.7 Å². The molecule has 2 amide bonds. The van der Waals surface area contributed by atoms with E-state index in [1.165, 1.54) is 6.07 Å². The Hall–Kier alpha value is -2.48. The van der Waals surface area contributed by atoms with E-state index in [0.29, 0.717) is 35.9 Å². The molecule has 25 heavy (non-hydrogen) atoms. The first kappa shape index (κ1) is 16.0. The third kappa shape index (κ3) is 2.86. The van der Waals surface area contributed by atoms with Crippen molar-refractivity contribution in [2.24, 2.45) is 0 Å². The third-order valence-electron chi connectivity index (χ3n) is 5.04. The molecule has 2 saturated heterocycles. The number of hydrogen-bond donors (Lipinski definition) is 1. The number of halogens is 1. The number of hydrogen-bond acceptors (Lipinski definition) is 5. The van der Waals surface area contributed by atoms with Gasteiger partial charge in [0.1, 0.15) is 5.82 Å². The van der Waals surface area contributed by atoms with E-state index in [1.54, 1.807) is 19.1 Å². The zero-order valence-electron chi connectivity index (χ0n) is 14.2. The van der Waals surface area contributed by atoms with Crippen molar-refractivity contribution in [3.05, 3.63) is 35.5 Å². The van der Waals surface area contributed by atoms with Gasteiger partial charge < -0.3 is 14.7 Å². The molecule has 2 fully saturated rings. The summed E-state index contributed by atoms with van der Waals surface area (Å²) in [5.74, 6) is 0.602. The second-order valence-electron chi connectivity index (χ2n) is 6.62. The van der Waals surface area contributed by atoms with Crippen LogP contribution in [0.1, 0.15) is 24.4 Å². The summed E-state index contributed by atoms with van der Waals surface area (Å²) in [6.45, 7) is 6.58. The second-order valence-corrected chi connectivity index (χ2v) is 6.62. The van der Waals surface area contributed by atoms with Crippen LogP contribution in [0, 0.1) is 12.7 Å². The highest BCUT2D eigenvalue weighted by Crippen LogP contribution is 2.26. The van der Waals surface area contributed by atoms with Crippen molar-refractivity contribution in [2.45, 2.75) is 25.9 Å². The van der Waals surface area contributed by atoms with Gasteiger partial charge in [-0.15, -0.1) is 0 Å². The zero-order valence-corrected chi connectivity index (χ0v) is 14.2. The lowest BCUT2D eigenvalue weighted by molar-refractivity contribution is 0.0812. The SMILES string of the molecule is Cc1ccc(-c2noc([C@@H](C)N3CCN4C(=O)NC[C@@H]4C3)n2)cc1F. The Morgan fingerprint density at radius 1 is 1.40 bits per heavy atom. The van der Waals surface area contributed by atoms with Gasteiger partial charge in [-0.1, -0.05) is 17.3 Å². The summed E-state index contributed by atoms with van der Waals surface area (Å²) in [5.41, 5.74) is 1.18. The molecule has 0 saturated carbocycles. The normalized spacial score (nSPS) is 22.0. The summed E-state index contributed by atoms with van der Waals surface area (Å²) in [6, 6.07) is 5.04. The molecule has 2 atom stereocenters. The van der Waals surface area contributed by atoms with Gasteiger partial charge in [0, 0.05) is 31.7 Å². The summed E-state index contributed by atoms with van der Waals surface area (Å²) in [6.07, 6.45) is 0. The molecule has 0 spiro atoms. The maximum absolute atomic E-state index is 13.7. The number of rotatable bonds is 3. The van der Waals surface area contributed by atoms with Gasteiger partial charge in [0.05, 0.1) is 12.1 Å². The smallest absolute Gasteiger partial charge is 0.317 e. The molecule has 2 aliphatic rings. The monoisotopic (exact) mass is 345 g/mol. The maximum atomic E-state index is 13.7. The van der Waals surface area contributed by atoms with Gasteiger partial charge >= 0.3 is 6.03 Å². The van der Waals surface area contributed by atoms with E-state index < -0.39 is 0 Å². The number of fused-ring (bicyclic) bond motifs is 1. The van der Waals surface area contributed by atoms with Gasteiger partial charge in [-0.2, -0.15) is 4.98 Å². The Morgan fingerprint density at radius 2 is 2.24 bits per heavy atom. The average molecular weight is 345 g/mol. The van der Waals surface area contributed by atoms with Crippen LogP contribution < -0.4 is 5.32 Å². The van der Waals surface area contributed by atoms with Crippen LogP contribution in [0.25, 0.3) is 11.4 Å². The number of carbonyl (C=O) groups excluding carboxylic acids is 1. The molecule has 0 aliphatic carbocycles. The summed E-state index contributed by atoms with van der Waals surface area (Å²) >= 11 is 0. The first-order valence-electron chi connectivity index (χ1n) is 8.41. The molecule has 132 valence electrons. The maximum Gasteiger partial charge on any atom is 0.317 e. The van der Waals surface area contributed by atoms with Crippen molar-refractivity contribution >= 4 is 6.03 Å². The number of piperazine rings is 1. The van der Waals surface area contributed by atoms with Gasteiger partial charge in [0.25, 0.3) is 0 Å². The second kappa shape index (κ2) is 6.11. The van der Waals surface area contributed by atoms with E-state index in [9.17, 15) is 9.18 Å². The lowest BCUT2D eigenvalue weighted by Gasteiger charge is -2.38. The van der Waals surface area contributed by atoms with Gasteiger partial charge in [0.15, 0.2) is 0 Å². The van der Waals surface area contributed by atoms with Gasteiger partial charge in [0.2, 0.25) is 11.7 Å². The fraction of sp³-hybridized carbons (Fsp3) is 0.471. The van der Waals surface area contributed by atoms with Crippen molar-refractivity contribution in [3.63, 3.8) is 0 Å². The molecular formula is C17H20FN5O2. The van der Waals surface area contributed by atoms with Crippen LogP contribution in [0.3, 0.4) is 0 Å². The molecule has 0 unspecified atom stereocenters. The minimum atomic E-state index is -0.286. The fourth-order valence-electron chi connectivity index (χ4n) is 3.39. The van der Waals surface area contributed by atoms with Crippen LogP contribution >= 0.6 is 0 Å². The summed E-state index contributed by atoms with van der Waals surface area (Å²) in [4.78, 5) is 20.2. The summed E-state index contributed by atoms with van der Waals surface area (Å²) in [5, 5.41) is 6.86. The van der Waals surface area contributed by atoms with Crippen molar-refractivity contribution < 1.29 is 13.7 Å². The highest BCUT2D eigenvalue weighted by Gasteiger charge is 2.37. The van der Waals surface area contributed by atoms with E-state index in [1.807, 2.05) is 11.8 Å². The molecule has 7 nitrogen and oxygen atoms in total. The Bertz CT molecular complexity index is 808. The van der Waals surface area contributed by atoms with Gasteiger partial charge in [-0.05, 0) is 25.5 Å². The number of carbonyl (C=O) groups is 1. The number of urea groups is 1. The Labute approximate surface area is 144 Å². The predicted octanol–water partition coefficient (Wildman–Crippen LogP) is 1.95. The first-order valence-corrected chi connectivity index (χ1v) is 8.41. The number of aromatic nitrogens is 2. The Kier molecular flexibility index (Phi) is 3.91. The highest BCUT2D eigenvalue weighted by molar-refractivity contribution is 5.77. The lowest BCUT2D eigenvalue weighted by atomic mass is 10.1. The Balaban J connectivity index is 1.50. The highest BCUT2D eigenvalue weighted by atomic mass is 19.1. The van der Waals surface area contributed by atoms with Crippen molar-refractivity contribution in [1.82, 2.24) is 25.3 Å². The fourth-order valence-corrected chi connectivity index (χ4v) is 3.39. The van der Waals surface area contributed by atoms with E-state index in [-0.39, 0.29) is 23.9 Å². The minimum Gasteiger partial charge on any atom is -0.337 e. The first-order chi connectivity index (χ1) is 12.0. The molecule has 1 N–H and O–H groups in total. The van der Waals surface area contributed by atoms with E-state index in [0.717, 1.165) is 13.1 Å². The quantitative estimate of drug-likeness (QED) is 0.920. The summed E-state index contributed by atoms with van der Waals surface area (Å²) < 4.78 is 19.2. The van der Waals surface area contributed by atoms with E-state index in [2.05, 4.69) is 20.4 Å². The van der Waals surface area contributed by atoms with Crippen LogP contribution in [0.5, 0.6) is 0 Å². The van der Waals surface area contributed by atoms with Crippen LogP contribution in [0.4, 0.5) is 9.18 Å². The largest absolute Gasteiger partial charge is 0.337 e. The number of benzene rings is 1. The molecular weight excluding hydrogens is 325 g/mol. The van der Waals surface area contributed by atoms with Crippen LogP contribution in [0.2, 0.25) is 0 Å². The zero-order chi connectivity index (χ0) is 17.6. The molecule has 1 aromatic heterocycles. The molecule has 2 aromatic rings. The Morgan fingerprint density at radius 3 is 3.04 bits per heavy atom. The lowest BCUT2D eigenvalue weighted by Crippen LogP contribution is -2.52. The van der Waals surface area contributed by atoms with E-state index >= 15 is 0 Å². The summed E-state index contributed by atoms with van der Waals surface area (Å²) in [7, 11) is 0. The third-order valence-corrected chi connectivity index (χ3v) is 5.04. The van der Waals surface area contributed by atoms with Crippen molar-refractivity contribution in [1.29, 1.82) is 0 Å². The van der Waals surface area contributed by atoms with Gasteiger partial charge in [-0.3, -0.25) is 4.90 Å². The van der Waals surface area contributed by atoms with Crippen molar-refractivity contribution in [3.8, 4) is 11.4 Å². The number of nitrogens with one attached hydrogen (secondary N) is 1. The standard InChI is InChI=1S/C17H20FN5O2/c1-10-3-4-12(7-14(10)18)15-20-16(25-21-15)11(2)22-5-6-23-13(9-22)8-19-17(23)24/h3-4,7,11,13H,5-6,8-9H2,1-2H3,(H,19,24)/t11-,13-/m1/s1. The molecule has 3 heterocycles. The number of aryl methyl sites for hydroxylation is 1. The molecule has 8 heteroatoms. The molecule has 0 radical (unpaired) electrons. The molecule has 0 bridgehead atoms. The van der Waals surface area contributed by atoms with Crippen LogP contribution in [-0.4, -0.2) is 58.2 Å². The van der Waals surface area contributed by atoms with Gasteiger partial charge in [-0.25, -0.2) is 9.18 Å². The molecule has 1 aromatic carbocycles. The van der Waals surface area contributed by atoms with E-state index in [4.69, 9.17) is 4.52 Å². The van der Waals surface area contributed by atoms with Crippen molar-refractivity contribution in [2.75, 3.05) is 26.2 Å². The number of amides is 2. The number of nitrogens with zero attached hydrogens (tertiary/aromatic N) is 4. The minimum absolute atomic E-state index is 0.0128. The predicted molar refractivity (Wildman–Crippen MR) is 88.3 cm³/mol. The molecule has 2 aliphatic heterocycles. The molecule has 4 rings (SSSR count). The average Bonchev–Trinajstić information content (AvgIpc) is 3.24. The topological polar surface area (TPSA) is 74.5 Å². The van der Waals surface area contributed by atoms with Crippen LogP contribution in [-0.2, 0) is 0 Å².